The number of rotatable bonds is 6. The van der Waals surface area contributed by atoms with Gasteiger partial charge < -0.3 is 19.8 Å². The Bertz CT molecular complexity index is 883. The number of aliphatic imine (C=N–C) groups is 1. The number of aromatic nitrogens is 1. The molecule has 1 aromatic heterocycles. The normalized spacial score (nSPS) is 11.1. The molecule has 0 spiro atoms. The topological polar surface area (TPSA) is 71.7 Å². The average molecular weight is 480 g/mol. The van der Waals surface area contributed by atoms with Gasteiger partial charge in [0, 0.05) is 12.4 Å². The standard InChI is InChI=1S/C20H24N4O2.HI/c1-14-15(2)26-19(24-14)13-23-20(21-3)22-11-12-25-18-10-6-8-16-7-4-5-9-17(16)18;/h4-10H,11-13H2,1-3H3,(H2,21,22,23);1H. The van der Waals surface area contributed by atoms with Crippen LogP contribution >= 0.6 is 24.0 Å². The van der Waals surface area contributed by atoms with Crippen molar-refractivity contribution in [1.29, 1.82) is 0 Å². The van der Waals surface area contributed by atoms with Gasteiger partial charge in [0.1, 0.15) is 18.1 Å². The number of fused-ring (bicyclic) bond motifs is 1. The Morgan fingerprint density at radius 1 is 1.11 bits per heavy atom. The van der Waals surface area contributed by atoms with Gasteiger partial charge in [-0.15, -0.1) is 24.0 Å². The first-order chi connectivity index (χ1) is 12.7. The van der Waals surface area contributed by atoms with Gasteiger partial charge in [-0.25, -0.2) is 4.98 Å². The molecule has 3 aromatic rings. The summed E-state index contributed by atoms with van der Waals surface area (Å²) in [4.78, 5) is 8.54. The van der Waals surface area contributed by atoms with Gasteiger partial charge in [0.25, 0.3) is 0 Å². The van der Waals surface area contributed by atoms with Crippen molar-refractivity contribution in [3.63, 3.8) is 0 Å². The summed E-state index contributed by atoms with van der Waals surface area (Å²) in [5.74, 6) is 3.06. The molecule has 0 amide bonds. The highest BCUT2D eigenvalue weighted by atomic mass is 127. The molecule has 0 bridgehead atoms. The van der Waals surface area contributed by atoms with Gasteiger partial charge in [0.2, 0.25) is 5.89 Å². The van der Waals surface area contributed by atoms with Crippen LogP contribution in [0, 0.1) is 13.8 Å². The number of guanidine groups is 1. The molecule has 0 saturated heterocycles. The van der Waals surface area contributed by atoms with Crippen LogP contribution in [-0.4, -0.2) is 31.1 Å². The smallest absolute Gasteiger partial charge is 0.214 e. The van der Waals surface area contributed by atoms with Crippen molar-refractivity contribution < 1.29 is 9.15 Å². The van der Waals surface area contributed by atoms with Crippen molar-refractivity contribution in [1.82, 2.24) is 15.6 Å². The van der Waals surface area contributed by atoms with E-state index in [-0.39, 0.29) is 24.0 Å². The molecule has 0 aliphatic rings. The van der Waals surface area contributed by atoms with Crippen LogP contribution in [0.2, 0.25) is 0 Å². The average Bonchev–Trinajstić information content (AvgIpc) is 2.99. The molecule has 0 atom stereocenters. The minimum atomic E-state index is 0. The predicted octanol–water partition coefficient (Wildman–Crippen LogP) is 3.81. The fourth-order valence-electron chi connectivity index (χ4n) is 2.65. The lowest BCUT2D eigenvalue weighted by Crippen LogP contribution is -2.38. The summed E-state index contributed by atoms with van der Waals surface area (Å²) >= 11 is 0. The van der Waals surface area contributed by atoms with E-state index in [4.69, 9.17) is 9.15 Å². The monoisotopic (exact) mass is 480 g/mol. The molecule has 27 heavy (non-hydrogen) atoms. The Morgan fingerprint density at radius 2 is 1.89 bits per heavy atom. The van der Waals surface area contributed by atoms with Crippen LogP contribution in [0.25, 0.3) is 10.8 Å². The molecule has 0 unspecified atom stereocenters. The summed E-state index contributed by atoms with van der Waals surface area (Å²) < 4.78 is 11.5. The Hall–Kier alpha value is -2.29. The van der Waals surface area contributed by atoms with Gasteiger partial charge in [-0.2, -0.15) is 0 Å². The quantitative estimate of drug-likeness (QED) is 0.243. The van der Waals surface area contributed by atoms with E-state index >= 15 is 0 Å². The molecule has 144 valence electrons. The highest BCUT2D eigenvalue weighted by molar-refractivity contribution is 14.0. The Balaban J connectivity index is 0.00000261. The fourth-order valence-corrected chi connectivity index (χ4v) is 2.65. The van der Waals surface area contributed by atoms with Crippen LogP contribution in [0.15, 0.2) is 51.9 Å². The molecule has 2 aromatic carbocycles. The zero-order valence-corrected chi connectivity index (χ0v) is 18.1. The number of nitrogens with one attached hydrogen (secondary N) is 2. The van der Waals surface area contributed by atoms with E-state index in [0.717, 1.165) is 22.6 Å². The van der Waals surface area contributed by atoms with Gasteiger partial charge in [-0.05, 0) is 25.3 Å². The number of nitrogens with zero attached hydrogens (tertiary/aromatic N) is 2. The molecule has 0 fully saturated rings. The van der Waals surface area contributed by atoms with Crippen LogP contribution in [-0.2, 0) is 6.54 Å². The summed E-state index contributed by atoms with van der Waals surface area (Å²) in [6, 6.07) is 14.3. The van der Waals surface area contributed by atoms with E-state index < -0.39 is 0 Å². The third kappa shape index (κ3) is 5.59. The van der Waals surface area contributed by atoms with Crippen molar-refractivity contribution in [2.75, 3.05) is 20.2 Å². The first-order valence-electron chi connectivity index (χ1n) is 8.65. The first kappa shape index (κ1) is 21.0. The summed E-state index contributed by atoms with van der Waals surface area (Å²) in [5.41, 5.74) is 0.910. The van der Waals surface area contributed by atoms with E-state index in [1.165, 1.54) is 5.39 Å². The van der Waals surface area contributed by atoms with E-state index in [0.29, 0.717) is 31.5 Å². The summed E-state index contributed by atoms with van der Waals surface area (Å²) in [5, 5.41) is 8.70. The number of ether oxygens (including phenoxy) is 1. The number of aryl methyl sites for hydroxylation is 2. The predicted molar refractivity (Wildman–Crippen MR) is 119 cm³/mol. The van der Waals surface area contributed by atoms with Crippen LogP contribution < -0.4 is 15.4 Å². The molecule has 0 saturated carbocycles. The number of benzene rings is 2. The number of hydrogen-bond acceptors (Lipinski definition) is 4. The van der Waals surface area contributed by atoms with E-state index in [1.54, 1.807) is 7.05 Å². The number of oxazole rings is 1. The molecule has 0 aliphatic carbocycles. The SMILES string of the molecule is CN=C(NCCOc1cccc2ccccc12)NCc1nc(C)c(C)o1.I. The molecule has 7 heteroatoms. The summed E-state index contributed by atoms with van der Waals surface area (Å²) in [6.07, 6.45) is 0. The summed E-state index contributed by atoms with van der Waals surface area (Å²) in [6.45, 7) is 5.49. The lowest BCUT2D eigenvalue weighted by Gasteiger charge is -2.12. The summed E-state index contributed by atoms with van der Waals surface area (Å²) in [7, 11) is 1.73. The second-order valence-corrected chi connectivity index (χ2v) is 5.93. The van der Waals surface area contributed by atoms with E-state index in [2.05, 4.69) is 38.8 Å². The minimum Gasteiger partial charge on any atom is -0.491 e. The van der Waals surface area contributed by atoms with E-state index in [1.807, 2.05) is 38.1 Å². The van der Waals surface area contributed by atoms with Crippen molar-refractivity contribution >= 4 is 40.7 Å². The molecular formula is C20H25IN4O2. The molecule has 3 rings (SSSR count). The third-order valence-electron chi connectivity index (χ3n) is 4.11. The molecular weight excluding hydrogens is 455 g/mol. The van der Waals surface area contributed by atoms with Crippen LogP contribution in [0.3, 0.4) is 0 Å². The molecule has 6 nitrogen and oxygen atoms in total. The Labute approximate surface area is 176 Å². The maximum Gasteiger partial charge on any atom is 0.214 e. The largest absolute Gasteiger partial charge is 0.491 e. The minimum absolute atomic E-state index is 0. The zero-order chi connectivity index (χ0) is 18.4. The van der Waals surface area contributed by atoms with Crippen molar-refractivity contribution in [2.45, 2.75) is 20.4 Å². The molecule has 0 aliphatic heterocycles. The molecule has 0 radical (unpaired) electrons. The van der Waals surface area contributed by atoms with Crippen molar-refractivity contribution in [3.8, 4) is 5.75 Å². The van der Waals surface area contributed by atoms with Crippen LogP contribution in [0.1, 0.15) is 17.3 Å². The van der Waals surface area contributed by atoms with Crippen LogP contribution in [0.4, 0.5) is 0 Å². The maximum atomic E-state index is 5.92. The third-order valence-corrected chi connectivity index (χ3v) is 4.11. The van der Waals surface area contributed by atoms with Crippen LogP contribution in [0.5, 0.6) is 5.75 Å². The number of halogens is 1. The first-order valence-corrected chi connectivity index (χ1v) is 8.65. The highest BCUT2D eigenvalue weighted by Crippen LogP contribution is 2.24. The van der Waals surface area contributed by atoms with E-state index in [9.17, 15) is 0 Å². The molecule has 1 heterocycles. The van der Waals surface area contributed by atoms with Gasteiger partial charge in [-0.3, -0.25) is 4.99 Å². The Morgan fingerprint density at radius 3 is 2.63 bits per heavy atom. The van der Waals surface area contributed by atoms with Crippen molar-refractivity contribution in [3.05, 3.63) is 59.8 Å². The van der Waals surface area contributed by atoms with Crippen molar-refractivity contribution in [2.24, 2.45) is 4.99 Å². The van der Waals surface area contributed by atoms with Gasteiger partial charge in [0.15, 0.2) is 5.96 Å². The van der Waals surface area contributed by atoms with Gasteiger partial charge in [0.05, 0.1) is 18.8 Å². The van der Waals surface area contributed by atoms with Gasteiger partial charge in [-0.1, -0.05) is 36.4 Å². The van der Waals surface area contributed by atoms with Gasteiger partial charge >= 0.3 is 0 Å². The number of hydrogen-bond donors (Lipinski definition) is 2. The zero-order valence-electron chi connectivity index (χ0n) is 15.8. The lowest BCUT2D eigenvalue weighted by atomic mass is 10.1. The Kier molecular flexibility index (Phi) is 7.90. The fraction of sp³-hybridized carbons (Fsp3) is 0.300. The molecule has 2 N–H and O–H groups in total. The second-order valence-electron chi connectivity index (χ2n) is 5.93. The maximum absolute atomic E-state index is 5.92. The highest BCUT2D eigenvalue weighted by Gasteiger charge is 2.06. The second kappa shape index (κ2) is 10.1. The lowest BCUT2D eigenvalue weighted by molar-refractivity contribution is 0.325.